The van der Waals surface area contributed by atoms with Crippen molar-refractivity contribution in [2.45, 2.75) is 11.2 Å². The Morgan fingerprint density at radius 3 is 2.39 bits per heavy atom. The number of nitrogens with zero attached hydrogens (tertiary/aromatic N) is 3. The fourth-order valence-electron chi connectivity index (χ4n) is 2.73. The van der Waals surface area contributed by atoms with Gasteiger partial charge in [-0.25, -0.2) is 4.68 Å². The maximum absolute atomic E-state index is 4.62. The van der Waals surface area contributed by atoms with Gasteiger partial charge in [0.05, 0.1) is 0 Å². The van der Waals surface area contributed by atoms with Gasteiger partial charge in [0.15, 0.2) is 0 Å². The van der Waals surface area contributed by atoms with Crippen LogP contribution in [0.25, 0.3) is 5.70 Å². The smallest absolute Gasteiger partial charge is 0.227 e. The Balaban J connectivity index is 1.83. The molecule has 0 unspecified atom stereocenters. The van der Waals surface area contributed by atoms with Gasteiger partial charge in [-0.2, -0.15) is 4.98 Å². The van der Waals surface area contributed by atoms with Crippen LogP contribution in [-0.2, 0) is 0 Å². The second kappa shape index (κ2) is 5.93. The normalized spacial score (nSPS) is 16.4. The summed E-state index contributed by atoms with van der Waals surface area (Å²) in [7, 11) is 0. The highest BCUT2D eigenvalue weighted by Crippen LogP contribution is 2.33. The van der Waals surface area contributed by atoms with Crippen LogP contribution in [0.2, 0.25) is 0 Å². The van der Waals surface area contributed by atoms with Gasteiger partial charge in [0, 0.05) is 5.70 Å². The van der Waals surface area contributed by atoms with Gasteiger partial charge >= 0.3 is 0 Å². The number of aromatic nitrogens is 3. The Morgan fingerprint density at radius 1 is 1.00 bits per heavy atom. The molecule has 1 atom stereocenters. The molecule has 0 saturated heterocycles. The monoisotopic (exact) mass is 320 g/mol. The summed E-state index contributed by atoms with van der Waals surface area (Å²) in [6.45, 7) is 0. The lowest BCUT2D eigenvalue weighted by atomic mass is 10.0. The van der Waals surface area contributed by atoms with E-state index in [1.54, 1.807) is 11.8 Å². The highest BCUT2D eigenvalue weighted by atomic mass is 32.2. The van der Waals surface area contributed by atoms with Gasteiger partial charge in [-0.15, -0.1) is 5.10 Å². The first-order valence-electron chi connectivity index (χ1n) is 7.45. The maximum Gasteiger partial charge on any atom is 0.227 e. The van der Waals surface area contributed by atoms with Crippen molar-refractivity contribution >= 4 is 23.4 Å². The van der Waals surface area contributed by atoms with Crippen LogP contribution in [0.4, 0.5) is 5.95 Å². The van der Waals surface area contributed by atoms with Crippen LogP contribution in [0.3, 0.4) is 0 Å². The van der Waals surface area contributed by atoms with Crippen molar-refractivity contribution in [1.82, 2.24) is 14.8 Å². The summed E-state index contributed by atoms with van der Waals surface area (Å²) in [6, 6.07) is 20.7. The molecule has 0 spiro atoms. The van der Waals surface area contributed by atoms with E-state index in [4.69, 9.17) is 0 Å². The van der Waals surface area contributed by atoms with Gasteiger partial charge in [-0.1, -0.05) is 72.4 Å². The van der Waals surface area contributed by atoms with Crippen LogP contribution in [0.15, 0.2) is 71.9 Å². The summed E-state index contributed by atoms with van der Waals surface area (Å²) in [5.41, 5.74) is 3.40. The number of benzene rings is 2. The summed E-state index contributed by atoms with van der Waals surface area (Å²) in [5.74, 6) is 0.782. The largest absolute Gasteiger partial charge is 0.324 e. The standard InChI is InChI=1S/C18H16N4S/c1-23-18-20-17-19-15(13-8-4-2-5-9-13)12-16(22(17)21-18)14-10-6-3-7-11-14/h2-12,16H,1H3,(H,19,20,21)/t16-/m1/s1. The van der Waals surface area contributed by atoms with Crippen molar-refractivity contribution in [3.63, 3.8) is 0 Å². The first-order chi connectivity index (χ1) is 11.3. The van der Waals surface area contributed by atoms with Gasteiger partial charge in [0.25, 0.3) is 0 Å². The number of rotatable bonds is 3. The van der Waals surface area contributed by atoms with Crippen LogP contribution < -0.4 is 5.32 Å². The molecule has 4 nitrogen and oxygen atoms in total. The number of fused-ring (bicyclic) bond motifs is 1. The molecule has 114 valence electrons. The zero-order valence-corrected chi connectivity index (χ0v) is 13.5. The Hall–Kier alpha value is -2.53. The molecule has 2 aromatic carbocycles. The Labute approximate surface area is 139 Å². The number of nitrogens with one attached hydrogen (secondary N) is 1. The summed E-state index contributed by atoms with van der Waals surface area (Å²) < 4.78 is 1.95. The average Bonchev–Trinajstić information content (AvgIpc) is 3.05. The fourth-order valence-corrected chi connectivity index (χ4v) is 3.08. The number of allylic oxidation sites excluding steroid dienone is 1. The molecule has 0 fully saturated rings. The van der Waals surface area contributed by atoms with Crippen molar-refractivity contribution in [1.29, 1.82) is 0 Å². The van der Waals surface area contributed by atoms with Crippen molar-refractivity contribution in [2.24, 2.45) is 0 Å². The van der Waals surface area contributed by atoms with Crippen LogP contribution in [-0.4, -0.2) is 21.0 Å². The van der Waals surface area contributed by atoms with Crippen molar-refractivity contribution in [2.75, 3.05) is 11.6 Å². The molecule has 23 heavy (non-hydrogen) atoms. The third-order valence-electron chi connectivity index (χ3n) is 3.85. The molecule has 3 aromatic rings. The van der Waals surface area contributed by atoms with E-state index in [1.807, 2.05) is 35.2 Å². The number of hydrogen-bond acceptors (Lipinski definition) is 4. The summed E-state index contributed by atoms with van der Waals surface area (Å²) >= 11 is 1.55. The highest BCUT2D eigenvalue weighted by molar-refractivity contribution is 7.98. The molecule has 0 aliphatic carbocycles. The minimum absolute atomic E-state index is 0.0380. The van der Waals surface area contributed by atoms with Crippen LogP contribution >= 0.6 is 11.8 Å². The van der Waals surface area contributed by atoms with Crippen molar-refractivity contribution in [3.05, 3.63) is 77.9 Å². The van der Waals surface area contributed by atoms with E-state index >= 15 is 0 Å². The second-order valence-electron chi connectivity index (χ2n) is 5.29. The third kappa shape index (κ3) is 2.64. The van der Waals surface area contributed by atoms with Gasteiger partial charge < -0.3 is 5.32 Å². The molecule has 0 amide bonds. The molecule has 2 heterocycles. The van der Waals surface area contributed by atoms with Gasteiger partial charge in [0.1, 0.15) is 6.04 Å². The topological polar surface area (TPSA) is 42.7 Å². The Bertz CT molecular complexity index is 840. The minimum atomic E-state index is 0.0380. The fraction of sp³-hybridized carbons (Fsp3) is 0.111. The third-order valence-corrected chi connectivity index (χ3v) is 4.39. The quantitative estimate of drug-likeness (QED) is 0.739. The van der Waals surface area contributed by atoms with Crippen molar-refractivity contribution in [3.8, 4) is 0 Å². The highest BCUT2D eigenvalue weighted by Gasteiger charge is 2.24. The molecule has 1 N–H and O–H groups in total. The second-order valence-corrected chi connectivity index (χ2v) is 6.07. The van der Waals surface area contributed by atoms with Gasteiger partial charge in [-0.3, -0.25) is 0 Å². The number of anilines is 1. The summed E-state index contributed by atoms with van der Waals surface area (Å²) in [4.78, 5) is 4.58. The van der Waals surface area contributed by atoms with Crippen LogP contribution in [0, 0.1) is 0 Å². The molecule has 0 saturated carbocycles. The van der Waals surface area contributed by atoms with Gasteiger partial charge in [-0.05, 0) is 23.5 Å². The van der Waals surface area contributed by atoms with E-state index < -0.39 is 0 Å². The number of hydrogen-bond donors (Lipinski definition) is 1. The van der Waals surface area contributed by atoms with E-state index in [1.165, 1.54) is 5.56 Å². The zero-order chi connectivity index (χ0) is 15.6. The van der Waals surface area contributed by atoms with Crippen molar-refractivity contribution < 1.29 is 0 Å². The number of thioether (sulfide) groups is 1. The molecule has 1 aliphatic rings. The Kier molecular flexibility index (Phi) is 3.63. The van der Waals surface area contributed by atoms with Crippen LogP contribution in [0.5, 0.6) is 0 Å². The molecular formula is C18H16N4S. The van der Waals surface area contributed by atoms with E-state index in [0.29, 0.717) is 0 Å². The molecule has 1 aliphatic heterocycles. The lowest BCUT2D eigenvalue weighted by Crippen LogP contribution is -2.20. The van der Waals surface area contributed by atoms with E-state index in [9.17, 15) is 0 Å². The molecule has 5 heteroatoms. The molecular weight excluding hydrogens is 304 g/mol. The lowest BCUT2D eigenvalue weighted by molar-refractivity contribution is 0.598. The van der Waals surface area contributed by atoms with Gasteiger partial charge in [0.2, 0.25) is 11.1 Å². The molecule has 4 rings (SSSR count). The van der Waals surface area contributed by atoms with E-state index in [-0.39, 0.29) is 6.04 Å². The van der Waals surface area contributed by atoms with E-state index in [2.05, 4.69) is 57.9 Å². The molecule has 0 bridgehead atoms. The molecule has 1 aromatic heterocycles. The summed E-state index contributed by atoms with van der Waals surface area (Å²) in [5, 5.41) is 8.80. The maximum atomic E-state index is 4.62. The van der Waals surface area contributed by atoms with Crippen LogP contribution in [0.1, 0.15) is 17.2 Å². The predicted molar refractivity (Wildman–Crippen MR) is 94.4 cm³/mol. The lowest BCUT2D eigenvalue weighted by Gasteiger charge is -2.24. The average molecular weight is 320 g/mol. The zero-order valence-electron chi connectivity index (χ0n) is 12.7. The Morgan fingerprint density at radius 2 is 1.70 bits per heavy atom. The first-order valence-corrected chi connectivity index (χ1v) is 8.67. The predicted octanol–water partition coefficient (Wildman–Crippen LogP) is 4.06. The molecule has 0 radical (unpaired) electrons. The first kappa shape index (κ1) is 14.1. The minimum Gasteiger partial charge on any atom is -0.324 e. The SMILES string of the molecule is CSc1nc2n(n1)[C@@H](c1ccccc1)C=C(c1ccccc1)N2. The summed E-state index contributed by atoms with van der Waals surface area (Å²) in [6.07, 6.45) is 4.20. The van der Waals surface area contributed by atoms with E-state index in [0.717, 1.165) is 22.4 Å².